The lowest BCUT2D eigenvalue weighted by molar-refractivity contribution is -0.116. The molecule has 4 rings (SSSR count). The molecule has 7 nitrogen and oxygen atoms in total. The second kappa shape index (κ2) is 8.42. The fraction of sp³-hybridized carbons (Fsp3) is 0.333. The van der Waals surface area contributed by atoms with Crippen LogP contribution < -0.4 is 15.9 Å². The number of imidazole rings is 1. The molecule has 0 aliphatic carbocycles. The van der Waals surface area contributed by atoms with Crippen molar-refractivity contribution in [3.63, 3.8) is 0 Å². The van der Waals surface area contributed by atoms with Crippen molar-refractivity contribution in [2.75, 3.05) is 36.5 Å². The normalized spacial score (nSPS) is 14.3. The van der Waals surface area contributed by atoms with Crippen LogP contribution >= 0.6 is 15.9 Å². The number of fused-ring (bicyclic) bond motifs is 1. The Morgan fingerprint density at radius 2 is 1.86 bits per heavy atom. The number of ether oxygens (including phenoxy) is 1. The number of aryl methyl sites for hydroxylation is 2. The smallest absolute Gasteiger partial charge is 0.328 e. The van der Waals surface area contributed by atoms with Crippen LogP contribution in [0.25, 0.3) is 11.0 Å². The standard InChI is InChI=1S/C21H23BrN4O3/c1-24-18-4-2-3-5-19(18)26(21(24)28)9-8-20(27)23-16-14-15(22)6-7-17(16)25-10-12-29-13-11-25/h2-7,14H,8-13H2,1H3,(H,23,27). The molecule has 8 heteroatoms. The Kier molecular flexibility index (Phi) is 5.73. The van der Waals surface area contributed by atoms with Crippen LogP contribution in [0.2, 0.25) is 0 Å². The Morgan fingerprint density at radius 1 is 1.14 bits per heavy atom. The number of para-hydroxylation sites is 2. The summed E-state index contributed by atoms with van der Waals surface area (Å²) in [6.45, 7) is 3.25. The first-order chi connectivity index (χ1) is 14.0. The molecule has 1 saturated heterocycles. The van der Waals surface area contributed by atoms with Gasteiger partial charge >= 0.3 is 5.69 Å². The van der Waals surface area contributed by atoms with E-state index in [9.17, 15) is 9.59 Å². The molecule has 0 unspecified atom stereocenters. The molecule has 1 aliphatic heterocycles. The third-order valence-corrected chi connectivity index (χ3v) is 5.69. The number of morpholine rings is 1. The number of carbonyl (C=O) groups is 1. The van der Waals surface area contributed by atoms with Crippen LogP contribution in [-0.4, -0.2) is 41.3 Å². The van der Waals surface area contributed by atoms with Crippen LogP contribution in [0.15, 0.2) is 51.7 Å². The molecule has 1 fully saturated rings. The summed E-state index contributed by atoms with van der Waals surface area (Å²) in [5.74, 6) is -0.127. The van der Waals surface area contributed by atoms with E-state index in [4.69, 9.17) is 4.74 Å². The highest BCUT2D eigenvalue weighted by Gasteiger charge is 2.17. The lowest BCUT2D eigenvalue weighted by Crippen LogP contribution is -2.36. The number of nitrogens with zero attached hydrogens (tertiary/aromatic N) is 3. The number of benzene rings is 2. The molecule has 0 radical (unpaired) electrons. The van der Waals surface area contributed by atoms with E-state index in [1.54, 1.807) is 16.2 Å². The Balaban J connectivity index is 1.50. The van der Waals surface area contributed by atoms with Crippen LogP contribution in [0.4, 0.5) is 11.4 Å². The average Bonchev–Trinajstić information content (AvgIpc) is 2.98. The first-order valence-electron chi connectivity index (χ1n) is 9.61. The zero-order chi connectivity index (χ0) is 20.4. The minimum atomic E-state index is -0.127. The van der Waals surface area contributed by atoms with Gasteiger partial charge in [-0.15, -0.1) is 0 Å². The van der Waals surface area contributed by atoms with Gasteiger partial charge in [-0.05, 0) is 30.3 Å². The number of hydrogen-bond donors (Lipinski definition) is 1. The summed E-state index contributed by atoms with van der Waals surface area (Å²) >= 11 is 3.48. The van der Waals surface area contributed by atoms with Gasteiger partial charge in [-0.3, -0.25) is 13.9 Å². The summed E-state index contributed by atoms with van der Waals surface area (Å²) < 4.78 is 9.59. The van der Waals surface area contributed by atoms with Crippen LogP contribution in [0, 0.1) is 0 Å². The Hall–Kier alpha value is -2.58. The maximum atomic E-state index is 12.7. The molecule has 0 bridgehead atoms. The van der Waals surface area contributed by atoms with Crippen molar-refractivity contribution < 1.29 is 9.53 Å². The first-order valence-corrected chi connectivity index (χ1v) is 10.4. The number of amides is 1. The Morgan fingerprint density at radius 3 is 2.62 bits per heavy atom. The summed E-state index contributed by atoms with van der Waals surface area (Å²) in [4.78, 5) is 27.4. The highest BCUT2D eigenvalue weighted by molar-refractivity contribution is 9.10. The molecular weight excluding hydrogens is 436 g/mol. The number of rotatable bonds is 5. The van der Waals surface area contributed by atoms with Crippen LogP contribution in [-0.2, 0) is 23.1 Å². The molecule has 1 amide bonds. The van der Waals surface area contributed by atoms with Crippen molar-refractivity contribution in [2.24, 2.45) is 7.05 Å². The summed E-state index contributed by atoms with van der Waals surface area (Å²) in [6.07, 6.45) is 0.211. The van der Waals surface area contributed by atoms with E-state index in [1.165, 1.54) is 0 Å². The van der Waals surface area contributed by atoms with E-state index in [1.807, 2.05) is 42.5 Å². The van der Waals surface area contributed by atoms with E-state index < -0.39 is 0 Å². The molecule has 152 valence electrons. The van der Waals surface area contributed by atoms with Crippen LogP contribution in [0.5, 0.6) is 0 Å². The monoisotopic (exact) mass is 458 g/mol. The summed E-state index contributed by atoms with van der Waals surface area (Å²) in [7, 11) is 1.75. The molecule has 0 spiro atoms. The van der Waals surface area contributed by atoms with Crippen molar-refractivity contribution >= 4 is 44.2 Å². The van der Waals surface area contributed by atoms with Gasteiger partial charge in [-0.1, -0.05) is 28.1 Å². The average molecular weight is 459 g/mol. The molecular formula is C21H23BrN4O3. The van der Waals surface area contributed by atoms with E-state index in [-0.39, 0.29) is 18.0 Å². The number of nitrogens with one attached hydrogen (secondary N) is 1. The van der Waals surface area contributed by atoms with Crippen molar-refractivity contribution in [2.45, 2.75) is 13.0 Å². The van der Waals surface area contributed by atoms with Gasteiger partial charge in [0, 0.05) is 37.6 Å². The lowest BCUT2D eigenvalue weighted by atomic mass is 10.2. The Bertz CT molecular complexity index is 1100. The number of aromatic nitrogens is 2. The van der Waals surface area contributed by atoms with E-state index in [0.717, 1.165) is 40.0 Å². The zero-order valence-corrected chi connectivity index (χ0v) is 17.8. The number of hydrogen-bond acceptors (Lipinski definition) is 4. The maximum Gasteiger partial charge on any atom is 0.328 e. The second-order valence-electron chi connectivity index (χ2n) is 7.04. The van der Waals surface area contributed by atoms with Crippen LogP contribution in [0.3, 0.4) is 0 Å². The second-order valence-corrected chi connectivity index (χ2v) is 7.96. The van der Waals surface area contributed by atoms with Gasteiger partial charge in [-0.25, -0.2) is 4.79 Å². The predicted molar refractivity (Wildman–Crippen MR) is 118 cm³/mol. The molecule has 1 aromatic heterocycles. The minimum absolute atomic E-state index is 0.115. The molecule has 29 heavy (non-hydrogen) atoms. The highest BCUT2D eigenvalue weighted by Crippen LogP contribution is 2.30. The van der Waals surface area contributed by atoms with Crippen molar-refractivity contribution in [3.8, 4) is 0 Å². The molecule has 0 atom stereocenters. The van der Waals surface area contributed by atoms with Gasteiger partial charge in [0.1, 0.15) is 0 Å². The van der Waals surface area contributed by atoms with Gasteiger partial charge in [0.05, 0.1) is 35.6 Å². The van der Waals surface area contributed by atoms with Gasteiger partial charge in [0.2, 0.25) is 5.91 Å². The van der Waals surface area contributed by atoms with Crippen molar-refractivity contribution in [1.29, 1.82) is 0 Å². The number of halogens is 1. The van der Waals surface area contributed by atoms with Gasteiger partial charge in [0.15, 0.2) is 0 Å². The first kappa shape index (κ1) is 19.7. The molecule has 1 aliphatic rings. The predicted octanol–water partition coefficient (Wildman–Crippen LogP) is 2.97. The molecule has 0 saturated carbocycles. The summed E-state index contributed by atoms with van der Waals surface area (Å²) in [6, 6.07) is 13.5. The zero-order valence-electron chi connectivity index (χ0n) is 16.2. The van der Waals surface area contributed by atoms with Crippen LogP contribution in [0.1, 0.15) is 6.42 Å². The van der Waals surface area contributed by atoms with E-state index in [2.05, 4.69) is 26.1 Å². The Labute approximate surface area is 177 Å². The van der Waals surface area contributed by atoms with E-state index >= 15 is 0 Å². The van der Waals surface area contributed by atoms with Crippen molar-refractivity contribution in [1.82, 2.24) is 9.13 Å². The SMILES string of the molecule is Cn1c(=O)n(CCC(=O)Nc2cc(Br)ccc2N2CCOCC2)c2ccccc21. The molecule has 2 aromatic carbocycles. The quantitative estimate of drug-likeness (QED) is 0.637. The molecule has 3 aromatic rings. The third-order valence-electron chi connectivity index (χ3n) is 5.20. The molecule has 1 N–H and O–H groups in total. The fourth-order valence-corrected chi connectivity index (χ4v) is 4.05. The summed E-state index contributed by atoms with van der Waals surface area (Å²) in [5.41, 5.74) is 3.32. The third kappa shape index (κ3) is 4.09. The number of carbonyl (C=O) groups excluding carboxylic acids is 1. The topological polar surface area (TPSA) is 68.5 Å². The molecule has 2 heterocycles. The fourth-order valence-electron chi connectivity index (χ4n) is 3.69. The number of anilines is 2. The van der Waals surface area contributed by atoms with Gasteiger partial charge in [0.25, 0.3) is 0 Å². The minimum Gasteiger partial charge on any atom is -0.378 e. The summed E-state index contributed by atoms with van der Waals surface area (Å²) in [5, 5.41) is 3.02. The van der Waals surface area contributed by atoms with Crippen molar-refractivity contribution in [3.05, 3.63) is 57.4 Å². The van der Waals surface area contributed by atoms with E-state index in [0.29, 0.717) is 19.8 Å². The highest BCUT2D eigenvalue weighted by atomic mass is 79.9. The maximum absolute atomic E-state index is 12.7. The van der Waals surface area contributed by atoms with Gasteiger partial charge < -0.3 is 15.0 Å². The lowest BCUT2D eigenvalue weighted by Gasteiger charge is -2.30. The van der Waals surface area contributed by atoms with Gasteiger partial charge in [-0.2, -0.15) is 0 Å². The largest absolute Gasteiger partial charge is 0.378 e.